The minimum absolute atomic E-state index is 0.185. The number of carbonyl (C=O) groups excluding carboxylic acids is 1. The first-order chi connectivity index (χ1) is 7.18. The second-order valence-electron chi connectivity index (χ2n) is 3.13. The Labute approximate surface area is 88.4 Å². The predicted molar refractivity (Wildman–Crippen MR) is 55.1 cm³/mol. The molecule has 0 spiro atoms. The summed E-state index contributed by atoms with van der Waals surface area (Å²) in [7, 11) is 0. The van der Waals surface area contributed by atoms with Crippen molar-refractivity contribution < 1.29 is 9.90 Å². The van der Waals surface area contributed by atoms with Crippen LogP contribution in [-0.2, 0) is 4.79 Å². The van der Waals surface area contributed by atoms with Gasteiger partial charge in [-0.1, -0.05) is 11.8 Å². The number of unbranched alkanes of at least 4 members (excludes halogenated alkanes) is 1. The van der Waals surface area contributed by atoms with E-state index < -0.39 is 0 Å². The lowest BCUT2D eigenvalue weighted by molar-refractivity contribution is -0.117. The van der Waals surface area contributed by atoms with Crippen molar-refractivity contribution in [2.45, 2.75) is 26.2 Å². The van der Waals surface area contributed by atoms with Crippen molar-refractivity contribution in [3.63, 3.8) is 0 Å². The van der Waals surface area contributed by atoms with Gasteiger partial charge in [-0.2, -0.15) is 0 Å². The summed E-state index contributed by atoms with van der Waals surface area (Å²) in [6.07, 6.45) is 4.95. The first kappa shape index (κ1) is 11.2. The summed E-state index contributed by atoms with van der Waals surface area (Å²) in [6, 6.07) is -0.253. The maximum atomic E-state index is 10.6. The maximum Gasteiger partial charge on any atom is 0.313 e. The van der Waals surface area contributed by atoms with Gasteiger partial charge >= 0.3 is 6.01 Å². The molecule has 1 N–H and O–H groups in total. The molecule has 0 aliphatic heterocycles. The topological polar surface area (TPSA) is 63.1 Å². The molecular formula is C11H12N2O2. The summed E-state index contributed by atoms with van der Waals surface area (Å²) in [5, 5.41) is 8.82. The number of carbonyl (C=O) groups is 1. The average Bonchev–Trinajstić information content (AvgIpc) is 2.20. The highest BCUT2D eigenvalue weighted by Gasteiger charge is 1.91. The van der Waals surface area contributed by atoms with Crippen molar-refractivity contribution in [2.24, 2.45) is 0 Å². The van der Waals surface area contributed by atoms with Gasteiger partial charge in [-0.05, 0) is 13.3 Å². The lowest BCUT2D eigenvalue weighted by atomic mass is 10.2. The standard InChI is InChI=1S/C11H12N2O2/c1-9(14)5-3-2-4-6-10-7-12-11(15)13-8-10/h7-8H,2-3,5H2,1H3,(H,12,13,15). The fourth-order valence-corrected chi connectivity index (χ4v) is 0.976. The van der Waals surface area contributed by atoms with Crippen LogP contribution in [0.2, 0.25) is 0 Å². The van der Waals surface area contributed by atoms with Crippen molar-refractivity contribution in [1.82, 2.24) is 9.97 Å². The van der Waals surface area contributed by atoms with Gasteiger partial charge in [0, 0.05) is 25.2 Å². The van der Waals surface area contributed by atoms with Crippen LogP contribution >= 0.6 is 0 Å². The highest BCUT2D eigenvalue weighted by molar-refractivity contribution is 5.75. The van der Waals surface area contributed by atoms with Crippen LogP contribution in [0.4, 0.5) is 0 Å². The van der Waals surface area contributed by atoms with Crippen LogP contribution in [0.25, 0.3) is 0 Å². The lowest BCUT2D eigenvalue weighted by Gasteiger charge is -1.90. The first-order valence-corrected chi connectivity index (χ1v) is 4.68. The van der Waals surface area contributed by atoms with E-state index in [0.717, 1.165) is 6.42 Å². The molecule has 78 valence electrons. The summed E-state index contributed by atoms with van der Waals surface area (Å²) < 4.78 is 0. The van der Waals surface area contributed by atoms with Crippen LogP contribution < -0.4 is 0 Å². The van der Waals surface area contributed by atoms with Gasteiger partial charge in [0.05, 0.1) is 5.56 Å². The molecule has 1 rings (SSSR count). The van der Waals surface area contributed by atoms with E-state index in [4.69, 9.17) is 5.11 Å². The zero-order valence-electron chi connectivity index (χ0n) is 8.53. The van der Waals surface area contributed by atoms with Crippen LogP contribution in [0.1, 0.15) is 31.7 Å². The summed E-state index contributed by atoms with van der Waals surface area (Å²) >= 11 is 0. The summed E-state index contributed by atoms with van der Waals surface area (Å²) in [4.78, 5) is 17.8. The second kappa shape index (κ2) is 5.76. The number of aromatic nitrogens is 2. The zero-order chi connectivity index (χ0) is 11.1. The van der Waals surface area contributed by atoms with Gasteiger partial charge in [-0.15, -0.1) is 0 Å². The van der Waals surface area contributed by atoms with E-state index in [1.807, 2.05) is 0 Å². The molecule has 1 aromatic heterocycles. The van der Waals surface area contributed by atoms with Crippen molar-refractivity contribution >= 4 is 5.78 Å². The van der Waals surface area contributed by atoms with Crippen LogP contribution in [0.5, 0.6) is 6.01 Å². The molecule has 0 aromatic carbocycles. The molecular weight excluding hydrogens is 192 g/mol. The molecule has 0 atom stereocenters. The van der Waals surface area contributed by atoms with Crippen LogP contribution in [0, 0.1) is 11.8 Å². The van der Waals surface area contributed by atoms with E-state index in [2.05, 4.69) is 21.8 Å². The van der Waals surface area contributed by atoms with Gasteiger partial charge in [0.1, 0.15) is 5.78 Å². The van der Waals surface area contributed by atoms with Gasteiger partial charge in [0.15, 0.2) is 0 Å². The minimum Gasteiger partial charge on any atom is -0.479 e. The highest BCUT2D eigenvalue weighted by Crippen LogP contribution is 1.99. The Hall–Kier alpha value is -1.89. The molecule has 0 amide bonds. The molecule has 4 nitrogen and oxygen atoms in total. The quantitative estimate of drug-likeness (QED) is 0.595. The number of nitrogens with zero attached hydrogens (tertiary/aromatic N) is 2. The smallest absolute Gasteiger partial charge is 0.313 e. The number of hydrogen-bond donors (Lipinski definition) is 1. The molecule has 4 heteroatoms. The Balaban J connectivity index is 2.38. The number of ketones is 1. The van der Waals surface area contributed by atoms with Crippen molar-refractivity contribution in [1.29, 1.82) is 0 Å². The lowest BCUT2D eigenvalue weighted by Crippen LogP contribution is -1.87. The van der Waals surface area contributed by atoms with E-state index in [9.17, 15) is 4.79 Å². The van der Waals surface area contributed by atoms with E-state index in [0.29, 0.717) is 18.4 Å². The predicted octanol–water partition coefficient (Wildman–Crippen LogP) is 1.29. The van der Waals surface area contributed by atoms with Crippen molar-refractivity contribution in [2.75, 3.05) is 0 Å². The average molecular weight is 204 g/mol. The highest BCUT2D eigenvalue weighted by atomic mass is 16.3. The molecule has 0 saturated carbocycles. The van der Waals surface area contributed by atoms with Crippen LogP contribution in [-0.4, -0.2) is 20.9 Å². The molecule has 0 radical (unpaired) electrons. The van der Waals surface area contributed by atoms with Crippen LogP contribution in [0.3, 0.4) is 0 Å². The van der Waals surface area contributed by atoms with Gasteiger partial charge in [-0.25, -0.2) is 9.97 Å². The summed E-state index contributed by atoms with van der Waals surface area (Å²) in [5.41, 5.74) is 0.663. The van der Waals surface area contributed by atoms with E-state index >= 15 is 0 Å². The SMILES string of the molecule is CC(=O)CCCC#Cc1cnc(O)nc1. The van der Waals surface area contributed by atoms with E-state index in [1.165, 1.54) is 12.4 Å². The number of rotatable bonds is 3. The zero-order valence-corrected chi connectivity index (χ0v) is 8.53. The maximum absolute atomic E-state index is 10.6. The molecule has 0 aliphatic carbocycles. The molecule has 15 heavy (non-hydrogen) atoms. The largest absolute Gasteiger partial charge is 0.479 e. The number of hydrogen-bond acceptors (Lipinski definition) is 4. The van der Waals surface area contributed by atoms with Gasteiger partial charge in [-0.3, -0.25) is 0 Å². The van der Waals surface area contributed by atoms with Crippen molar-refractivity contribution in [3.8, 4) is 17.9 Å². The molecule has 0 unspecified atom stereocenters. The fourth-order valence-electron chi connectivity index (χ4n) is 0.976. The molecule has 0 aliphatic rings. The van der Waals surface area contributed by atoms with Crippen LogP contribution in [0.15, 0.2) is 12.4 Å². The Kier molecular flexibility index (Phi) is 4.30. The molecule has 0 fully saturated rings. The molecule has 0 saturated heterocycles. The Morgan fingerprint density at radius 3 is 2.73 bits per heavy atom. The van der Waals surface area contributed by atoms with Crippen molar-refractivity contribution in [3.05, 3.63) is 18.0 Å². The number of aromatic hydroxyl groups is 1. The third-order valence-electron chi connectivity index (χ3n) is 1.70. The normalized spacial score (nSPS) is 9.13. The Morgan fingerprint density at radius 1 is 1.47 bits per heavy atom. The fraction of sp³-hybridized carbons (Fsp3) is 0.364. The second-order valence-corrected chi connectivity index (χ2v) is 3.13. The Morgan fingerprint density at radius 2 is 2.13 bits per heavy atom. The van der Waals surface area contributed by atoms with Gasteiger partial charge in [0.2, 0.25) is 0 Å². The third kappa shape index (κ3) is 4.77. The Bertz CT molecular complexity index is 387. The summed E-state index contributed by atoms with van der Waals surface area (Å²) in [5.74, 6) is 5.95. The molecule has 1 heterocycles. The summed E-state index contributed by atoms with van der Waals surface area (Å²) in [6.45, 7) is 1.57. The third-order valence-corrected chi connectivity index (χ3v) is 1.70. The monoisotopic (exact) mass is 204 g/mol. The molecule has 0 bridgehead atoms. The van der Waals surface area contributed by atoms with E-state index in [-0.39, 0.29) is 11.8 Å². The van der Waals surface area contributed by atoms with Gasteiger partial charge < -0.3 is 9.90 Å². The first-order valence-electron chi connectivity index (χ1n) is 4.68. The number of Topliss-reactive ketones (excluding diaryl/α,β-unsaturated/α-hetero) is 1. The van der Waals surface area contributed by atoms with Gasteiger partial charge in [0.25, 0.3) is 0 Å². The molecule has 1 aromatic rings. The minimum atomic E-state index is -0.253. The van der Waals surface area contributed by atoms with E-state index in [1.54, 1.807) is 6.92 Å².